The first kappa shape index (κ1) is 28.0. The second-order valence-corrected chi connectivity index (χ2v) is 10.5. The van der Waals surface area contributed by atoms with Gasteiger partial charge in [0.25, 0.3) is 0 Å². The number of ether oxygens (including phenoxy) is 3. The lowest BCUT2D eigenvalue weighted by atomic mass is 9.92. The van der Waals surface area contributed by atoms with Crippen LogP contribution in [0.4, 0.5) is 0 Å². The van der Waals surface area contributed by atoms with E-state index in [0.717, 1.165) is 0 Å². The van der Waals surface area contributed by atoms with Crippen molar-refractivity contribution in [2.45, 2.75) is 61.5 Å². The molecule has 0 aromatic heterocycles. The normalized spacial score (nSPS) is 15.2. The molecule has 0 aromatic carbocycles. The SMILES string of the molecule is CC(C)COCC(COCC(C)C)(COCC(C)C)COP(=O)(O)OC(C)C. The second kappa shape index (κ2) is 14.1. The van der Waals surface area contributed by atoms with Crippen LogP contribution in [0.25, 0.3) is 0 Å². The molecule has 0 heterocycles. The van der Waals surface area contributed by atoms with E-state index in [4.69, 9.17) is 23.3 Å². The molecule has 0 radical (unpaired) electrons. The monoisotopic (exact) mass is 426 g/mol. The minimum Gasteiger partial charge on any atom is -0.380 e. The number of phosphoric ester groups is 1. The molecule has 1 unspecified atom stereocenters. The number of hydrogen-bond donors (Lipinski definition) is 1. The molecule has 0 aliphatic rings. The highest BCUT2D eigenvalue weighted by Gasteiger charge is 2.36. The van der Waals surface area contributed by atoms with Crippen LogP contribution in [0.2, 0.25) is 0 Å². The molecule has 8 heteroatoms. The Morgan fingerprint density at radius 1 is 0.714 bits per heavy atom. The maximum atomic E-state index is 12.2. The van der Waals surface area contributed by atoms with Crippen molar-refractivity contribution in [1.29, 1.82) is 0 Å². The predicted octanol–water partition coefficient (Wildman–Crippen LogP) is 4.53. The van der Waals surface area contributed by atoms with Crippen molar-refractivity contribution in [3.8, 4) is 0 Å². The Hall–Kier alpha value is -0.0100. The zero-order valence-electron chi connectivity index (χ0n) is 19.1. The second-order valence-electron chi connectivity index (χ2n) is 9.12. The van der Waals surface area contributed by atoms with Gasteiger partial charge in [0.05, 0.1) is 37.9 Å². The highest BCUT2D eigenvalue weighted by molar-refractivity contribution is 7.47. The third-order valence-electron chi connectivity index (χ3n) is 3.46. The Balaban J connectivity index is 5.23. The lowest BCUT2D eigenvalue weighted by Gasteiger charge is -2.34. The minimum atomic E-state index is -4.17. The molecule has 0 saturated heterocycles. The van der Waals surface area contributed by atoms with Gasteiger partial charge in [0.1, 0.15) is 0 Å². The Morgan fingerprint density at radius 2 is 1.07 bits per heavy atom. The van der Waals surface area contributed by atoms with E-state index < -0.39 is 19.3 Å². The van der Waals surface area contributed by atoms with Crippen LogP contribution >= 0.6 is 7.82 Å². The molecule has 0 spiro atoms. The summed E-state index contributed by atoms with van der Waals surface area (Å²) in [4.78, 5) is 9.98. The number of rotatable bonds is 17. The molecule has 0 aliphatic heterocycles. The van der Waals surface area contributed by atoms with Crippen LogP contribution in [0.15, 0.2) is 0 Å². The molecule has 28 heavy (non-hydrogen) atoms. The molecular weight excluding hydrogens is 383 g/mol. The first-order valence-corrected chi connectivity index (χ1v) is 11.8. The average molecular weight is 427 g/mol. The van der Waals surface area contributed by atoms with Crippen molar-refractivity contribution in [2.24, 2.45) is 23.2 Å². The maximum Gasteiger partial charge on any atom is 0.472 e. The van der Waals surface area contributed by atoms with E-state index in [-0.39, 0.29) is 6.61 Å². The van der Waals surface area contributed by atoms with Gasteiger partial charge < -0.3 is 19.1 Å². The van der Waals surface area contributed by atoms with Gasteiger partial charge >= 0.3 is 7.82 Å². The molecule has 0 aromatic rings. The average Bonchev–Trinajstić information content (AvgIpc) is 2.50. The van der Waals surface area contributed by atoms with Gasteiger partial charge in [0.2, 0.25) is 0 Å². The van der Waals surface area contributed by atoms with Gasteiger partial charge in [-0.3, -0.25) is 9.05 Å². The van der Waals surface area contributed by atoms with Crippen molar-refractivity contribution in [2.75, 3.05) is 46.2 Å². The summed E-state index contributed by atoms with van der Waals surface area (Å²) in [5.41, 5.74) is -0.697. The molecule has 7 nitrogen and oxygen atoms in total. The van der Waals surface area contributed by atoms with Crippen LogP contribution in [-0.4, -0.2) is 57.2 Å². The van der Waals surface area contributed by atoms with Crippen LogP contribution in [0, 0.1) is 23.2 Å². The largest absolute Gasteiger partial charge is 0.472 e. The lowest BCUT2D eigenvalue weighted by Crippen LogP contribution is -2.42. The van der Waals surface area contributed by atoms with Gasteiger partial charge in [-0.05, 0) is 31.6 Å². The summed E-state index contributed by atoms with van der Waals surface area (Å²) in [7, 11) is -4.17. The highest BCUT2D eigenvalue weighted by Crippen LogP contribution is 2.46. The Bertz CT molecular complexity index is 402. The number of phosphoric acid groups is 1. The summed E-state index contributed by atoms with van der Waals surface area (Å²) in [6.07, 6.45) is -0.420. The summed E-state index contributed by atoms with van der Waals surface area (Å²) in [6.45, 7) is 18.4. The third kappa shape index (κ3) is 14.9. The molecule has 170 valence electrons. The van der Waals surface area contributed by atoms with E-state index in [9.17, 15) is 9.46 Å². The van der Waals surface area contributed by atoms with Crippen LogP contribution in [0.5, 0.6) is 0 Å². The van der Waals surface area contributed by atoms with Gasteiger partial charge in [-0.2, -0.15) is 0 Å². The van der Waals surface area contributed by atoms with Crippen molar-refractivity contribution in [3.63, 3.8) is 0 Å². The van der Waals surface area contributed by atoms with Crippen LogP contribution < -0.4 is 0 Å². The lowest BCUT2D eigenvalue weighted by molar-refractivity contribution is -0.100. The van der Waals surface area contributed by atoms with Crippen LogP contribution in [-0.2, 0) is 27.8 Å². The molecule has 1 atom stereocenters. The van der Waals surface area contributed by atoms with Crippen LogP contribution in [0.3, 0.4) is 0 Å². The first-order chi connectivity index (χ1) is 12.9. The van der Waals surface area contributed by atoms with Gasteiger partial charge in [-0.1, -0.05) is 41.5 Å². The standard InChI is InChI=1S/C20H43O7P/c1-16(2)9-23-12-20(13-24-10-17(3)4,14-25-11-18(5)6)15-26-28(21,22)27-19(7)8/h16-19H,9-15H2,1-8H3,(H,21,22). The fourth-order valence-electron chi connectivity index (χ4n) is 2.30. The summed E-state index contributed by atoms with van der Waals surface area (Å²) < 4.78 is 40.2. The predicted molar refractivity (Wildman–Crippen MR) is 111 cm³/mol. The van der Waals surface area contributed by atoms with E-state index in [0.29, 0.717) is 57.4 Å². The molecule has 1 N–H and O–H groups in total. The fraction of sp³-hybridized carbons (Fsp3) is 1.00. The minimum absolute atomic E-state index is 0.0538. The Kier molecular flexibility index (Phi) is 14.1. The van der Waals surface area contributed by atoms with E-state index in [1.165, 1.54) is 0 Å². The smallest absolute Gasteiger partial charge is 0.380 e. The molecule has 0 bridgehead atoms. The third-order valence-corrected chi connectivity index (χ3v) is 4.60. The van der Waals surface area contributed by atoms with E-state index in [1.807, 2.05) is 0 Å². The van der Waals surface area contributed by atoms with E-state index in [1.54, 1.807) is 13.8 Å². The molecule has 0 rings (SSSR count). The zero-order chi connectivity index (χ0) is 21.8. The topological polar surface area (TPSA) is 83.5 Å². The molecule has 0 fully saturated rings. The summed E-state index contributed by atoms with van der Waals surface area (Å²) in [6, 6.07) is 0. The maximum absolute atomic E-state index is 12.2. The molecule has 0 aliphatic carbocycles. The van der Waals surface area contributed by atoms with Gasteiger partial charge in [0, 0.05) is 19.8 Å². The van der Waals surface area contributed by atoms with Gasteiger partial charge in [-0.15, -0.1) is 0 Å². The van der Waals surface area contributed by atoms with Crippen molar-refractivity contribution in [1.82, 2.24) is 0 Å². The highest BCUT2D eigenvalue weighted by atomic mass is 31.2. The van der Waals surface area contributed by atoms with Crippen molar-refractivity contribution in [3.05, 3.63) is 0 Å². The summed E-state index contributed by atoms with van der Waals surface area (Å²) in [5.74, 6) is 1.12. The molecule has 0 amide bonds. The Labute approximate surface area is 172 Å². The first-order valence-electron chi connectivity index (χ1n) is 10.3. The number of hydrogen-bond acceptors (Lipinski definition) is 6. The van der Waals surface area contributed by atoms with Crippen molar-refractivity contribution < 1.29 is 32.7 Å². The van der Waals surface area contributed by atoms with Crippen molar-refractivity contribution >= 4 is 7.82 Å². The molecule has 0 saturated carbocycles. The van der Waals surface area contributed by atoms with E-state index in [2.05, 4.69) is 41.5 Å². The summed E-state index contributed by atoms with van der Waals surface area (Å²) in [5, 5.41) is 0. The quantitative estimate of drug-likeness (QED) is 0.342. The van der Waals surface area contributed by atoms with E-state index >= 15 is 0 Å². The van der Waals surface area contributed by atoms with Crippen LogP contribution in [0.1, 0.15) is 55.4 Å². The molecular formula is C20H43O7P. The zero-order valence-corrected chi connectivity index (χ0v) is 20.0. The Morgan fingerprint density at radius 3 is 1.36 bits per heavy atom. The van der Waals surface area contributed by atoms with Gasteiger partial charge in [0.15, 0.2) is 0 Å². The summed E-state index contributed by atoms with van der Waals surface area (Å²) >= 11 is 0. The fourth-order valence-corrected chi connectivity index (χ4v) is 3.33. The van der Waals surface area contributed by atoms with Gasteiger partial charge in [-0.25, -0.2) is 4.57 Å².